The number of nitrogens with zero attached hydrogens (tertiary/aromatic N) is 3. The highest BCUT2D eigenvalue weighted by atomic mass is 35.5. The lowest BCUT2D eigenvalue weighted by atomic mass is 10.2. The van der Waals surface area contributed by atoms with Crippen molar-refractivity contribution < 1.29 is 9.84 Å². The van der Waals surface area contributed by atoms with E-state index >= 15 is 0 Å². The summed E-state index contributed by atoms with van der Waals surface area (Å²) in [5.41, 5.74) is 1.35. The molecule has 9 heteroatoms. The molecule has 0 saturated heterocycles. The first-order chi connectivity index (χ1) is 12.0. The minimum atomic E-state index is 0.0493. The summed E-state index contributed by atoms with van der Waals surface area (Å²) >= 11 is 17.4. The van der Waals surface area contributed by atoms with Crippen LogP contribution < -0.4 is 4.74 Å². The van der Waals surface area contributed by atoms with Crippen molar-refractivity contribution in [3.63, 3.8) is 0 Å². The van der Waals surface area contributed by atoms with E-state index in [1.54, 1.807) is 36.5 Å². The first kappa shape index (κ1) is 17.5. The van der Waals surface area contributed by atoms with Gasteiger partial charge in [-0.2, -0.15) is 14.9 Å². The van der Waals surface area contributed by atoms with E-state index in [1.807, 2.05) is 0 Å². The molecule has 0 radical (unpaired) electrons. The number of hydrogen-bond donors (Lipinski definition) is 2. The third-order valence-corrected chi connectivity index (χ3v) is 4.16. The summed E-state index contributed by atoms with van der Waals surface area (Å²) in [6, 6.07) is 9.93. The molecule has 0 bridgehead atoms. The topological polar surface area (TPSA) is 75.4 Å². The van der Waals surface area contributed by atoms with Crippen LogP contribution in [0.2, 0.25) is 10.0 Å². The number of aromatic nitrogens is 3. The SMILES string of the molecule is COc1cc(C=Nn2c(-c3ccc(Cl)cc3Cl)n[nH]c2=S)ccc1O. The highest BCUT2D eigenvalue weighted by Gasteiger charge is 2.12. The van der Waals surface area contributed by atoms with E-state index in [0.29, 0.717) is 37.5 Å². The number of halogens is 2. The Morgan fingerprint density at radius 2 is 2.08 bits per heavy atom. The van der Waals surface area contributed by atoms with Gasteiger partial charge in [0.2, 0.25) is 4.77 Å². The molecule has 2 N–H and O–H groups in total. The number of ether oxygens (including phenoxy) is 1. The quantitative estimate of drug-likeness (QED) is 0.504. The maximum absolute atomic E-state index is 9.65. The smallest absolute Gasteiger partial charge is 0.216 e. The molecule has 0 atom stereocenters. The van der Waals surface area contributed by atoms with Crippen molar-refractivity contribution in [1.29, 1.82) is 0 Å². The summed E-state index contributed by atoms with van der Waals surface area (Å²) in [7, 11) is 1.47. The number of H-pyrrole nitrogens is 1. The van der Waals surface area contributed by atoms with Crippen LogP contribution in [0.4, 0.5) is 0 Å². The van der Waals surface area contributed by atoms with Gasteiger partial charge in [-0.05, 0) is 54.2 Å². The molecule has 1 heterocycles. The average Bonchev–Trinajstić information content (AvgIpc) is 2.95. The Balaban J connectivity index is 2.01. The second-order valence-corrected chi connectivity index (χ2v) is 6.19. The van der Waals surface area contributed by atoms with Crippen molar-refractivity contribution >= 4 is 41.6 Å². The lowest BCUT2D eigenvalue weighted by Gasteiger charge is -2.05. The molecule has 0 aliphatic heterocycles. The average molecular weight is 395 g/mol. The highest BCUT2D eigenvalue weighted by Crippen LogP contribution is 2.29. The number of hydrogen-bond acceptors (Lipinski definition) is 5. The van der Waals surface area contributed by atoms with Gasteiger partial charge in [0.15, 0.2) is 17.3 Å². The predicted octanol–water partition coefficient (Wildman–Crippen LogP) is 4.51. The summed E-state index contributed by atoms with van der Waals surface area (Å²) < 4.78 is 6.84. The van der Waals surface area contributed by atoms with Crippen LogP contribution in [0.25, 0.3) is 11.4 Å². The molecular weight excluding hydrogens is 383 g/mol. The molecule has 128 valence electrons. The monoisotopic (exact) mass is 394 g/mol. The fraction of sp³-hybridized carbons (Fsp3) is 0.0625. The van der Waals surface area contributed by atoms with Crippen LogP contribution in [0.5, 0.6) is 11.5 Å². The van der Waals surface area contributed by atoms with Gasteiger partial charge in [0.25, 0.3) is 0 Å². The van der Waals surface area contributed by atoms with E-state index in [4.69, 9.17) is 40.2 Å². The number of benzene rings is 2. The van der Waals surface area contributed by atoms with Gasteiger partial charge in [-0.3, -0.25) is 0 Å². The van der Waals surface area contributed by atoms with Gasteiger partial charge in [0.1, 0.15) is 0 Å². The van der Waals surface area contributed by atoms with Crippen LogP contribution in [0, 0.1) is 4.77 Å². The molecule has 1 aromatic heterocycles. The zero-order chi connectivity index (χ0) is 18.0. The van der Waals surface area contributed by atoms with Crippen molar-refractivity contribution in [2.24, 2.45) is 5.10 Å². The maximum atomic E-state index is 9.65. The van der Waals surface area contributed by atoms with Gasteiger partial charge >= 0.3 is 0 Å². The molecule has 0 spiro atoms. The van der Waals surface area contributed by atoms with Gasteiger partial charge in [-0.1, -0.05) is 23.2 Å². The third kappa shape index (κ3) is 3.68. The van der Waals surface area contributed by atoms with Crippen LogP contribution in [0.15, 0.2) is 41.5 Å². The van der Waals surface area contributed by atoms with Gasteiger partial charge < -0.3 is 9.84 Å². The van der Waals surface area contributed by atoms with Crippen LogP contribution in [0.3, 0.4) is 0 Å². The maximum Gasteiger partial charge on any atom is 0.216 e. The molecule has 0 aliphatic carbocycles. The van der Waals surface area contributed by atoms with Crippen molar-refractivity contribution in [1.82, 2.24) is 14.9 Å². The first-order valence-electron chi connectivity index (χ1n) is 7.04. The molecule has 0 saturated carbocycles. The summed E-state index contributed by atoms with van der Waals surface area (Å²) in [5.74, 6) is 0.850. The number of aromatic hydroxyl groups is 1. The number of aromatic amines is 1. The molecule has 25 heavy (non-hydrogen) atoms. The fourth-order valence-electron chi connectivity index (χ4n) is 2.14. The van der Waals surface area contributed by atoms with Gasteiger partial charge in [0.05, 0.1) is 18.3 Å². The molecule has 0 fully saturated rings. The zero-order valence-electron chi connectivity index (χ0n) is 12.9. The molecular formula is C16H12Cl2N4O2S. The molecule has 0 amide bonds. The Labute approximate surface area is 158 Å². The standard InChI is InChI=1S/C16H12Cl2N4O2S/c1-24-14-6-9(2-5-13(14)23)8-19-22-15(20-21-16(22)25)11-4-3-10(17)7-12(11)18/h2-8,23H,1H3,(H,21,25). The number of methoxy groups -OCH3 is 1. The van der Waals surface area contributed by atoms with Crippen molar-refractivity contribution in [3.05, 3.63) is 56.8 Å². The van der Waals surface area contributed by atoms with Crippen molar-refractivity contribution in [2.75, 3.05) is 7.11 Å². The molecule has 3 aromatic rings. The Morgan fingerprint density at radius 1 is 1.28 bits per heavy atom. The Kier molecular flexibility index (Phi) is 5.08. The molecule has 0 aliphatic rings. The fourth-order valence-corrected chi connectivity index (χ4v) is 2.82. The van der Waals surface area contributed by atoms with Gasteiger partial charge in [0, 0.05) is 10.6 Å². The van der Waals surface area contributed by atoms with E-state index in [1.165, 1.54) is 17.9 Å². The minimum absolute atomic E-state index is 0.0493. The number of phenolic OH excluding ortho intramolecular Hbond substituents is 1. The first-order valence-corrected chi connectivity index (χ1v) is 8.20. The normalized spacial score (nSPS) is 11.2. The Morgan fingerprint density at radius 3 is 2.80 bits per heavy atom. The molecule has 6 nitrogen and oxygen atoms in total. The highest BCUT2D eigenvalue weighted by molar-refractivity contribution is 7.71. The largest absolute Gasteiger partial charge is 0.504 e. The van der Waals surface area contributed by atoms with Crippen molar-refractivity contribution in [3.8, 4) is 22.9 Å². The van der Waals surface area contributed by atoms with E-state index in [0.717, 1.165) is 0 Å². The number of phenols is 1. The lowest BCUT2D eigenvalue weighted by Crippen LogP contribution is -1.96. The van der Waals surface area contributed by atoms with E-state index in [9.17, 15) is 5.11 Å². The second-order valence-electron chi connectivity index (χ2n) is 4.96. The van der Waals surface area contributed by atoms with Crippen molar-refractivity contribution in [2.45, 2.75) is 0 Å². The summed E-state index contributed by atoms with van der Waals surface area (Å²) in [6.07, 6.45) is 1.57. The summed E-state index contributed by atoms with van der Waals surface area (Å²) in [4.78, 5) is 0. The molecule has 0 unspecified atom stereocenters. The Hall–Kier alpha value is -2.35. The van der Waals surface area contributed by atoms with E-state index < -0.39 is 0 Å². The molecule has 3 rings (SSSR count). The van der Waals surface area contributed by atoms with E-state index in [-0.39, 0.29) is 5.75 Å². The zero-order valence-corrected chi connectivity index (χ0v) is 15.2. The van der Waals surface area contributed by atoms with Gasteiger partial charge in [-0.25, -0.2) is 5.10 Å². The number of nitrogens with one attached hydrogen (secondary N) is 1. The predicted molar refractivity (Wildman–Crippen MR) is 101 cm³/mol. The number of rotatable bonds is 4. The van der Waals surface area contributed by atoms with Crippen LogP contribution in [-0.2, 0) is 0 Å². The van der Waals surface area contributed by atoms with Crippen LogP contribution >= 0.6 is 35.4 Å². The van der Waals surface area contributed by atoms with Gasteiger partial charge in [-0.15, -0.1) is 0 Å². The summed E-state index contributed by atoms with van der Waals surface area (Å²) in [5, 5.41) is 21.8. The van der Waals surface area contributed by atoms with E-state index in [2.05, 4.69) is 15.3 Å². The lowest BCUT2D eigenvalue weighted by molar-refractivity contribution is 0.373. The summed E-state index contributed by atoms with van der Waals surface area (Å²) in [6.45, 7) is 0. The Bertz CT molecular complexity index is 1010. The minimum Gasteiger partial charge on any atom is -0.504 e. The third-order valence-electron chi connectivity index (χ3n) is 3.35. The van der Waals surface area contributed by atoms with Crippen LogP contribution in [-0.4, -0.2) is 33.3 Å². The molecule has 2 aromatic carbocycles. The van der Waals surface area contributed by atoms with Crippen LogP contribution in [0.1, 0.15) is 5.56 Å². The second kappa shape index (κ2) is 7.26.